The van der Waals surface area contributed by atoms with Crippen molar-refractivity contribution < 1.29 is 23.8 Å². The second-order valence-electron chi connectivity index (χ2n) is 5.21. The van der Waals surface area contributed by atoms with Crippen molar-refractivity contribution >= 4 is 57.9 Å². The SMILES string of the molecule is C=CCN1C(=O)/C(=C\c2cc(Cl)c(OCC(=O)OCC)c(OC)c2)SC1=S. The normalized spacial score (nSPS) is 15.2. The minimum absolute atomic E-state index is 0.192. The summed E-state index contributed by atoms with van der Waals surface area (Å²) in [7, 11) is 1.45. The third kappa shape index (κ3) is 5.24. The van der Waals surface area contributed by atoms with Crippen molar-refractivity contribution in [1.29, 1.82) is 0 Å². The number of ether oxygens (including phenoxy) is 3. The first-order chi connectivity index (χ1) is 12.9. The molecule has 1 amide bonds. The van der Waals surface area contributed by atoms with Crippen LogP contribution >= 0.6 is 35.6 Å². The summed E-state index contributed by atoms with van der Waals surface area (Å²) >= 11 is 12.7. The Morgan fingerprint density at radius 3 is 2.81 bits per heavy atom. The molecule has 0 unspecified atom stereocenters. The monoisotopic (exact) mass is 427 g/mol. The third-order valence-electron chi connectivity index (χ3n) is 3.37. The van der Waals surface area contributed by atoms with Gasteiger partial charge < -0.3 is 14.2 Å². The minimum Gasteiger partial charge on any atom is -0.493 e. The molecule has 0 atom stereocenters. The van der Waals surface area contributed by atoms with Gasteiger partial charge in [-0.05, 0) is 30.7 Å². The molecule has 0 aromatic heterocycles. The highest BCUT2D eigenvalue weighted by atomic mass is 35.5. The second kappa shape index (κ2) is 9.77. The fourth-order valence-corrected chi connectivity index (χ4v) is 3.78. The number of rotatable bonds is 8. The van der Waals surface area contributed by atoms with Gasteiger partial charge in [0.15, 0.2) is 18.1 Å². The van der Waals surface area contributed by atoms with Crippen LogP contribution in [0, 0.1) is 0 Å². The molecular formula is C18H18ClNO5S2. The van der Waals surface area contributed by atoms with Gasteiger partial charge in [0, 0.05) is 6.54 Å². The predicted octanol–water partition coefficient (Wildman–Crippen LogP) is 3.68. The Morgan fingerprint density at radius 2 is 2.19 bits per heavy atom. The molecule has 1 aromatic rings. The quantitative estimate of drug-likeness (QED) is 0.271. The van der Waals surface area contributed by atoms with E-state index in [0.717, 1.165) is 0 Å². The van der Waals surface area contributed by atoms with Gasteiger partial charge in [0.1, 0.15) is 4.32 Å². The molecule has 0 bridgehead atoms. The molecule has 1 saturated heterocycles. The van der Waals surface area contributed by atoms with Crippen LogP contribution in [0.25, 0.3) is 6.08 Å². The number of carbonyl (C=O) groups is 2. The Bertz CT molecular complexity index is 809. The maximum absolute atomic E-state index is 12.4. The molecule has 0 spiro atoms. The van der Waals surface area contributed by atoms with E-state index in [1.165, 1.54) is 23.8 Å². The van der Waals surface area contributed by atoms with E-state index < -0.39 is 5.97 Å². The van der Waals surface area contributed by atoms with Crippen LogP contribution < -0.4 is 9.47 Å². The third-order valence-corrected chi connectivity index (χ3v) is 5.03. The van der Waals surface area contributed by atoms with E-state index in [1.807, 2.05) is 0 Å². The highest BCUT2D eigenvalue weighted by Crippen LogP contribution is 2.39. The number of esters is 1. The van der Waals surface area contributed by atoms with Gasteiger partial charge in [0.2, 0.25) is 0 Å². The number of hydrogen-bond acceptors (Lipinski definition) is 7. The van der Waals surface area contributed by atoms with Crippen LogP contribution in [-0.2, 0) is 14.3 Å². The molecule has 1 aromatic carbocycles. The summed E-state index contributed by atoms with van der Waals surface area (Å²) in [4.78, 5) is 25.8. The van der Waals surface area contributed by atoms with E-state index in [-0.39, 0.29) is 29.9 Å². The Labute approximate surface area is 172 Å². The number of halogens is 1. The summed E-state index contributed by atoms with van der Waals surface area (Å²) in [6.45, 7) is 5.66. The Balaban J connectivity index is 2.26. The molecule has 0 saturated carbocycles. The zero-order valence-electron chi connectivity index (χ0n) is 14.8. The summed E-state index contributed by atoms with van der Waals surface area (Å²) < 4.78 is 16.0. The van der Waals surface area contributed by atoms with Gasteiger partial charge in [-0.3, -0.25) is 9.69 Å². The second-order valence-corrected chi connectivity index (χ2v) is 7.29. The summed E-state index contributed by atoms with van der Waals surface area (Å²) in [5.41, 5.74) is 0.638. The van der Waals surface area contributed by atoms with Crippen LogP contribution in [0.4, 0.5) is 0 Å². The molecule has 2 rings (SSSR count). The summed E-state index contributed by atoms with van der Waals surface area (Å²) in [5.74, 6) is -0.142. The highest BCUT2D eigenvalue weighted by Gasteiger charge is 2.31. The first-order valence-corrected chi connectivity index (χ1v) is 9.53. The van der Waals surface area contributed by atoms with Crippen LogP contribution in [0.3, 0.4) is 0 Å². The van der Waals surface area contributed by atoms with Gasteiger partial charge in [-0.25, -0.2) is 4.79 Å². The number of carbonyl (C=O) groups excluding carboxylic acids is 2. The molecule has 144 valence electrons. The van der Waals surface area contributed by atoms with Crippen LogP contribution in [0.1, 0.15) is 12.5 Å². The largest absolute Gasteiger partial charge is 0.493 e. The van der Waals surface area contributed by atoms with Crippen LogP contribution in [0.2, 0.25) is 5.02 Å². The average Bonchev–Trinajstić information content (AvgIpc) is 2.88. The van der Waals surface area contributed by atoms with Crippen LogP contribution in [0.15, 0.2) is 29.7 Å². The van der Waals surface area contributed by atoms with Crippen LogP contribution in [-0.4, -0.2) is 48.0 Å². The number of nitrogens with zero attached hydrogens (tertiary/aromatic N) is 1. The maximum Gasteiger partial charge on any atom is 0.344 e. The van der Waals surface area contributed by atoms with Crippen molar-refractivity contribution in [1.82, 2.24) is 4.90 Å². The fraction of sp³-hybridized carbons (Fsp3) is 0.278. The van der Waals surface area contributed by atoms with Crippen molar-refractivity contribution in [2.45, 2.75) is 6.92 Å². The average molecular weight is 428 g/mol. The van der Waals surface area contributed by atoms with Crippen molar-refractivity contribution in [3.8, 4) is 11.5 Å². The number of thiocarbonyl (C=S) groups is 1. The molecule has 27 heavy (non-hydrogen) atoms. The Morgan fingerprint density at radius 1 is 1.44 bits per heavy atom. The lowest BCUT2D eigenvalue weighted by Gasteiger charge is -2.13. The topological polar surface area (TPSA) is 65.1 Å². The summed E-state index contributed by atoms with van der Waals surface area (Å²) in [5, 5.41) is 0.242. The molecular weight excluding hydrogens is 410 g/mol. The first-order valence-electron chi connectivity index (χ1n) is 7.93. The van der Waals surface area contributed by atoms with Gasteiger partial charge >= 0.3 is 5.97 Å². The molecule has 6 nitrogen and oxygen atoms in total. The molecule has 0 aliphatic carbocycles. The maximum atomic E-state index is 12.4. The van der Waals surface area contributed by atoms with E-state index in [9.17, 15) is 9.59 Å². The van der Waals surface area contributed by atoms with E-state index in [2.05, 4.69) is 6.58 Å². The van der Waals surface area contributed by atoms with Crippen molar-refractivity contribution in [2.75, 3.05) is 26.9 Å². The van der Waals surface area contributed by atoms with Gasteiger partial charge in [0.05, 0.1) is 23.6 Å². The summed E-state index contributed by atoms with van der Waals surface area (Å²) in [6, 6.07) is 3.27. The Hall–Kier alpha value is -2.03. The lowest BCUT2D eigenvalue weighted by atomic mass is 10.1. The van der Waals surface area contributed by atoms with Crippen molar-refractivity contribution in [3.63, 3.8) is 0 Å². The highest BCUT2D eigenvalue weighted by molar-refractivity contribution is 8.26. The van der Waals surface area contributed by atoms with E-state index in [4.69, 9.17) is 38.0 Å². The van der Waals surface area contributed by atoms with Gasteiger partial charge in [0.25, 0.3) is 5.91 Å². The van der Waals surface area contributed by atoms with E-state index >= 15 is 0 Å². The minimum atomic E-state index is -0.509. The molecule has 1 heterocycles. The van der Waals surface area contributed by atoms with Crippen LogP contribution in [0.5, 0.6) is 11.5 Å². The lowest BCUT2D eigenvalue weighted by Crippen LogP contribution is -2.27. The first kappa shape index (κ1) is 21.3. The number of methoxy groups -OCH3 is 1. The van der Waals surface area contributed by atoms with E-state index in [1.54, 1.807) is 31.2 Å². The fourth-order valence-electron chi connectivity index (χ4n) is 2.23. The molecule has 1 fully saturated rings. The van der Waals surface area contributed by atoms with Gasteiger partial charge in [-0.1, -0.05) is 41.7 Å². The van der Waals surface area contributed by atoms with Gasteiger partial charge in [-0.15, -0.1) is 6.58 Å². The molecule has 9 heteroatoms. The number of amides is 1. The zero-order valence-corrected chi connectivity index (χ0v) is 17.2. The van der Waals surface area contributed by atoms with Crippen molar-refractivity contribution in [3.05, 3.63) is 40.3 Å². The Kier molecular flexibility index (Phi) is 7.70. The predicted molar refractivity (Wildman–Crippen MR) is 110 cm³/mol. The number of benzene rings is 1. The molecule has 1 aliphatic rings. The van der Waals surface area contributed by atoms with E-state index in [0.29, 0.717) is 27.1 Å². The summed E-state index contributed by atoms with van der Waals surface area (Å²) in [6.07, 6.45) is 3.29. The zero-order chi connectivity index (χ0) is 20.0. The molecule has 1 aliphatic heterocycles. The number of hydrogen-bond donors (Lipinski definition) is 0. The molecule has 0 radical (unpaired) electrons. The van der Waals surface area contributed by atoms with Gasteiger partial charge in [-0.2, -0.15) is 0 Å². The number of thioether (sulfide) groups is 1. The van der Waals surface area contributed by atoms with Crippen molar-refractivity contribution in [2.24, 2.45) is 0 Å². The smallest absolute Gasteiger partial charge is 0.344 e. The molecule has 0 N–H and O–H groups in total. The standard InChI is InChI=1S/C18H18ClNO5S2/c1-4-6-20-17(22)14(27-18(20)26)9-11-7-12(19)16(13(8-11)23-3)25-10-15(21)24-5-2/h4,7-9H,1,5-6,10H2,2-3H3/b14-9+. The lowest BCUT2D eigenvalue weighted by molar-refractivity contribution is -0.145.